The lowest BCUT2D eigenvalue weighted by atomic mass is 9.93. The Hall–Kier alpha value is -1.39. The van der Waals surface area contributed by atoms with Crippen LogP contribution in [0.1, 0.15) is 11.1 Å². The Bertz CT molecular complexity index is 618. The molecule has 0 aliphatic carbocycles. The van der Waals surface area contributed by atoms with Crippen LogP contribution in [0.3, 0.4) is 0 Å². The van der Waals surface area contributed by atoms with Gasteiger partial charge in [0.2, 0.25) is 0 Å². The van der Waals surface area contributed by atoms with Crippen molar-refractivity contribution in [1.29, 1.82) is 0 Å². The van der Waals surface area contributed by atoms with E-state index in [2.05, 4.69) is 20.9 Å². The molecule has 104 valence electrons. The van der Waals surface area contributed by atoms with E-state index >= 15 is 0 Å². The van der Waals surface area contributed by atoms with Crippen LogP contribution < -0.4 is 0 Å². The third kappa shape index (κ3) is 4.05. The van der Waals surface area contributed by atoms with Gasteiger partial charge in [-0.05, 0) is 42.2 Å². The summed E-state index contributed by atoms with van der Waals surface area (Å²) >= 11 is 9.27. The second-order valence-corrected chi connectivity index (χ2v) is 5.76. The van der Waals surface area contributed by atoms with Crippen molar-refractivity contribution in [2.45, 2.75) is 12.8 Å². The molecule has 3 nitrogen and oxygen atoms in total. The summed E-state index contributed by atoms with van der Waals surface area (Å²) in [6, 6.07) is 11.2. The first-order valence-corrected chi connectivity index (χ1v) is 7.30. The predicted octanol–water partition coefficient (Wildman–Crippen LogP) is 3.98. The molecular weight excluding hydrogens is 342 g/mol. The van der Waals surface area contributed by atoms with Crippen LogP contribution in [0.15, 0.2) is 47.1 Å². The van der Waals surface area contributed by atoms with Gasteiger partial charge in [-0.2, -0.15) is 0 Å². The number of rotatable bonds is 5. The van der Waals surface area contributed by atoms with Crippen LogP contribution in [-0.4, -0.2) is 16.1 Å². The van der Waals surface area contributed by atoms with Crippen molar-refractivity contribution >= 4 is 33.5 Å². The number of aliphatic carboxylic acids is 1. The summed E-state index contributed by atoms with van der Waals surface area (Å²) in [6.07, 6.45) is 2.49. The average Bonchev–Trinajstić information content (AvgIpc) is 2.40. The minimum absolute atomic E-state index is 0.382. The van der Waals surface area contributed by atoms with E-state index in [-0.39, 0.29) is 0 Å². The Balaban J connectivity index is 2.16. The fourth-order valence-electron chi connectivity index (χ4n) is 2.03. The van der Waals surface area contributed by atoms with Gasteiger partial charge >= 0.3 is 5.97 Å². The zero-order chi connectivity index (χ0) is 14.5. The molecular formula is C15H13BrClNO2. The Kier molecular flexibility index (Phi) is 5.15. The first-order valence-electron chi connectivity index (χ1n) is 6.13. The minimum Gasteiger partial charge on any atom is -0.481 e. The molecule has 0 spiro atoms. The number of pyridine rings is 1. The van der Waals surface area contributed by atoms with Crippen LogP contribution >= 0.6 is 27.5 Å². The molecule has 1 atom stereocenters. The molecule has 0 saturated heterocycles. The SMILES string of the molecule is O=C(O)C(Cc1ccnc(Cl)c1)Cc1ccccc1Br. The summed E-state index contributed by atoms with van der Waals surface area (Å²) in [5.41, 5.74) is 1.87. The first kappa shape index (κ1) is 15.0. The van der Waals surface area contributed by atoms with Gasteiger partial charge < -0.3 is 5.11 Å². The molecule has 20 heavy (non-hydrogen) atoms. The lowest BCUT2D eigenvalue weighted by Crippen LogP contribution is -2.19. The largest absolute Gasteiger partial charge is 0.481 e. The zero-order valence-electron chi connectivity index (χ0n) is 10.6. The number of carbonyl (C=O) groups is 1. The summed E-state index contributed by atoms with van der Waals surface area (Å²) < 4.78 is 0.930. The molecule has 2 aromatic rings. The molecule has 1 heterocycles. The van der Waals surface area contributed by atoms with Gasteiger partial charge in [0.1, 0.15) is 5.15 Å². The van der Waals surface area contributed by atoms with E-state index in [4.69, 9.17) is 11.6 Å². The van der Waals surface area contributed by atoms with Gasteiger partial charge in [0, 0.05) is 10.7 Å². The summed E-state index contributed by atoms with van der Waals surface area (Å²) in [5.74, 6) is -1.30. The molecule has 0 aliphatic rings. The van der Waals surface area contributed by atoms with E-state index in [0.29, 0.717) is 18.0 Å². The van der Waals surface area contributed by atoms with Gasteiger partial charge in [0.05, 0.1) is 5.92 Å². The number of hydrogen-bond donors (Lipinski definition) is 1. The number of nitrogens with zero attached hydrogens (tertiary/aromatic N) is 1. The highest BCUT2D eigenvalue weighted by molar-refractivity contribution is 9.10. The fraction of sp³-hybridized carbons (Fsp3) is 0.200. The number of hydrogen-bond acceptors (Lipinski definition) is 2. The Morgan fingerprint density at radius 2 is 2.05 bits per heavy atom. The van der Waals surface area contributed by atoms with Crippen molar-refractivity contribution in [3.8, 4) is 0 Å². The van der Waals surface area contributed by atoms with Gasteiger partial charge in [0.25, 0.3) is 0 Å². The number of benzene rings is 1. The molecule has 0 amide bonds. The number of carboxylic acid groups (broad SMARTS) is 1. The predicted molar refractivity (Wildman–Crippen MR) is 81.9 cm³/mol. The molecule has 2 rings (SSSR count). The van der Waals surface area contributed by atoms with Crippen LogP contribution in [0.25, 0.3) is 0 Å². The van der Waals surface area contributed by atoms with E-state index in [0.717, 1.165) is 15.6 Å². The summed E-state index contributed by atoms with van der Waals surface area (Å²) in [4.78, 5) is 15.3. The van der Waals surface area contributed by atoms with E-state index in [9.17, 15) is 9.90 Å². The monoisotopic (exact) mass is 353 g/mol. The molecule has 0 fully saturated rings. The normalized spacial score (nSPS) is 12.1. The van der Waals surface area contributed by atoms with E-state index in [1.54, 1.807) is 18.3 Å². The van der Waals surface area contributed by atoms with Crippen molar-refractivity contribution in [3.63, 3.8) is 0 Å². The minimum atomic E-state index is -0.811. The van der Waals surface area contributed by atoms with E-state index in [1.165, 1.54) is 0 Å². The molecule has 0 radical (unpaired) electrons. The van der Waals surface area contributed by atoms with Crippen molar-refractivity contribution in [2.24, 2.45) is 5.92 Å². The van der Waals surface area contributed by atoms with Gasteiger partial charge in [-0.25, -0.2) is 4.98 Å². The molecule has 1 unspecified atom stereocenters. The van der Waals surface area contributed by atoms with Crippen LogP contribution in [-0.2, 0) is 17.6 Å². The van der Waals surface area contributed by atoms with Crippen LogP contribution in [0.4, 0.5) is 0 Å². The summed E-state index contributed by atoms with van der Waals surface area (Å²) in [6.45, 7) is 0. The van der Waals surface area contributed by atoms with Gasteiger partial charge in [-0.3, -0.25) is 4.79 Å². The topological polar surface area (TPSA) is 50.2 Å². The molecule has 1 aromatic carbocycles. The highest BCUT2D eigenvalue weighted by Gasteiger charge is 2.19. The second kappa shape index (κ2) is 6.86. The maximum absolute atomic E-state index is 11.4. The highest BCUT2D eigenvalue weighted by Crippen LogP contribution is 2.22. The third-order valence-electron chi connectivity index (χ3n) is 3.05. The number of halogens is 2. The molecule has 0 aliphatic heterocycles. The van der Waals surface area contributed by atoms with Gasteiger partial charge in [-0.1, -0.05) is 45.7 Å². The van der Waals surface area contributed by atoms with Crippen molar-refractivity contribution in [2.75, 3.05) is 0 Å². The van der Waals surface area contributed by atoms with E-state index in [1.807, 2.05) is 24.3 Å². The van der Waals surface area contributed by atoms with Gasteiger partial charge in [-0.15, -0.1) is 0 Å². The van der Waals surface area contributed by atoms with Crippen molar-refractivity contribution in [1.82, 2.24) is 4.98 Å². The third-order valence-corrected chi connectivity index (χ3v) is 4.03. The quantitative estimate of drug-likeness (QED) is 0.826. The summed E-state index contributed by atoms with van der Waals surface area (Å²) in [5, 5.41) is 9.77. The van der Waals surface area contributed by atoms with Crippen LogP contribution in [0.5, 0.6) is 0 Å². The Morgan fingerprint density at radius 1 is 1.30 bits per heavy atom. The molecule has 0 bridgehead atoms. The molecule has 1 N–H and O–H groups in total. The maximum Gasteiger partial charge on any atom is 0.307 e. The van der Waals surface area contributed by atoms with Crippen molar-refractivity contribution < 1.29 is 9.90 Å². The van der Waals surface area contributed by atoms with Gasteiger partial charge in [0.15, 0.2) is 0 Å². The number of carboxylic acids is 1. The smallest absolute Gasteiger partial charge is 0.307 e. The van der Waals surface area contributed by atoms with Crippen LogP contribution in [0, 0.1) is 5.92 Å². The summed E-state index contributed by atoms with van der Waals surface area (Å²) in [7, 11) is 0. The Labute approximate surface area is 130 Å². The molecule has 1 aromatic heterocycles. The van der Waals surface area contributed by atoms with Crippen LogP contribution in [0.2, 0.25) is 5.15 Å². The fourth-order valence-corrected chi connectivity index (χ4v) is 2.67. The van der Waals surface area contributed by atoms with E-state index < -0.39 is 11.9 Å². The maximum atomic E-state index is 11.4. The lowest BCUT2D eigenvalue weighted by molar-refractivity contribution is -0.141. The van der Waals surface area contributed by atoms with Crippen molar-refractivity contribution in [3.05, 3.63) is 63.3 Å². The molecule has 0 saturated carbocycles. The average molecular weight is 355 g/mol. The second-order valence-electron chi connectivity index (χ2n) is 4.52. The zero-order valence-corrected chi connectivity index (χ0v) is 12.9. The molecule has 5 heteroatoms. The highest BCUT2D eigenvalue weighted by atomic mass is 79.9. The lowest BCUT2D eigenvalue weighted by Gasteiger charge is -2.13. The number of aromatic nitrogens is 1. The Morgan fingerprint density at radius 3 is 2.70 bits per heavy atom. The standard InChI is InChI=1S/C15H13BrClNO2/c16-13-4-2-1-3-11(13)9-12(15(19)20)7-10-5-6-18-14(17)8-10/h1-6,8,12H,7,9H2,(H,19,20). The first-order chi connectivity index (χ1) is 9.56.